The second kappa shape index (κ2) is 9.94. The molecular formula is C24H24N4OS2. The summed E-state index contributed by atoms with van der Waals surface area (Å²) in [6.45, 7) is 9.04. The number of hydrogen-bond donors (Lipinski definition) is 0. The molecule has 0 fully saturated rings. The molecule has 0 aliphatic carbocycles. The number of benzene rings is 2. The van der Waals surface area contributed by atoms with Crippen LogP contribution in [-0.2, 0) is 18.9 Å². The van der Waals surface area contributed by atoms with Crippen LogP contribution in [0.25, 0.3) is 10.6 Å². The van der Waals surface area contributed by atoms with Crippen LogP contribution in [0.2, 0.25) is 0 Å². The molecule has 2 heterocycles. The second-order valence-corrected chi connectivity index (χ2v) is 8.93. The standard InChI is InChI=1S/C24H24N4OS2/c1-4-12-28-22(14-29-21-11-10-17(2)18(3)13-21)26-27-24(28)31-16-20-15-30-23(25-20)19-8-6-5-7-9-19/h4-11,13,15H,1,12,14,16H2,2-3H3. The van der Waals surface area contributed by atoms with Crippen molar-refractivity contribution >= 4 is 23.1 Å². The third-order valence-corrected chi connectivity index (χ3v) is 6.81. The Balaban J connectivity index is 1.43. The van der Waals surface area contributed by atoms with Gasteiger partial charge in [0.1, 0.15) is 17.4 Å². The van der Waals surface area contributed by atoms with Gasteiger partial charge in [0.2, 0.25) is 0 Å². The maximum absolute atomic E-state index is 5.97. The molecule has 2 aromatic heterocycles. The van der Waals surface area contributed by atoms with E-state index in [4.69, 9.17) is 9.72 Å². The van der Waals surface area contributed by atoms with Crippen LogP contribution in [0.5, 0.6) is 5.75 Å². The lowest BCUT2D eigenvalue weighted by atomic mass is 10.1. The molecule has 0 bridgehead atoms. The van der Waals surface area contributed by atoms with Crippen LogP contribution in [0, 0.1) is 13.8 Å². The van der Waals surface area contributed by atoms with E-state index in [-0.39, 0.29) is 0 Å². The predicted molar refractivity (Wildman–Crippen MR) is 128 cm³/mol. The Hall–Kier alpha value is -2.90. The first-order chi connectivity index (χ1) is 15.1. The molecule has 158 valence electrons. The molecule has 4 rings (SSSR count). The highest BCUT2D eigenvalue weighted by Crippen LogP contribution is 2.28. The van der Waals surface area contributed by atoms with Crippen molar-refractivity contribution in [1.29, 1.82) is 0 Å². The van der Waals surface area contributed by atoms with Gasteiger partial charge >= 0.3 is 0 Å². The molecule has 0 aliphatic rings. The lowest BCUT2D eigenvalue weighted by Gasteiger charge is -2.10. The van der Waals surface area contributed by atoms with Crippen LogP contribution < -0.4 is 4.74 Å². The molecule has 0 saturated carbocycles. The predicted octanol–water partition coefficient (Wildman–Crippen LogP) is 6.08. The van der Waals surface area contributed by atoms with Gasteiger partial charge in [0.25, 0.3) is 0 Å². The summed E-state index contributed by atoms with van der Waals surface area (Å²) in [7, 11) is 0. The molecule has 4 aromatic rings. The van der Waals surface area contributed by atoms with Crippen molar-refractivity contribution in [3.8, 4) is 16.3 Å². The third kappa shape index (κ3) is 5.24. The summed E-state index contributed by atoms with van der Waals surface area (Å²) in [4.78, 5) is 4.76. The highest BCUT2D eigenvalue weighted by molar-refractivity contribution is 7.98. The molecule has 0 aliphatic heterocycles. The summed E-state index contributed by atoms with van der Waals surface area (Å²) in [6, 6.07) is 16.3. The molecule has 0 atom stereocenters. The average Bonchev–Trinajstić information content (AvgIpc) is 3.41. The van der Waals surface area contributed by atoms with Gasteiger partial charge in [0, 0.05) is 23.2 Å². The van der Waals surface area contributed by atoms with Crippen molar-refractivity contribution in [2.45, 2.75) is 37.9 Å². The zero-order valence-electron chi connectivity index (χ0n) is 17.6. The van der Waals surface area contributed by atoms with Crippen molar-refractivity contribution < 1.29 is 4.74 Å². The molecule has 0 N–H and O–H groups in total. The fraction of sp³-hybridized carbons (Fsp3) is 0.208. The smallest absolute Gasteiger partial charge is 0.191 e. The number of rotatable bonds is 9. The second-order valence-electron chi connectivity index (χ2n) is 7.13. The minimum atomic E-state index is 0.360. The van der Waals surface area contributed by atoms with Crippen molar-refractivity contribution in [2.24, 2.45) is 0 Å². The number of aryl methyl sites for hydroxylation is 2. The first kappa shape index (κ1) is 21.3. The molecule has 0 spiro atoms. The van der Waals surface area contributed by atoms with Crippen LogP contribution in [0.15, 0.2) is 71.7 Å². The van der Waals surface area contributed by atoms with Gasteiger partial charge in [0.15, 0.2) is 11.0 Å². The lowest BCUT2D eigenvalue weighted by Crippen LogP contribution is -2.07. The van der Waals surface area contributed by atoms with Gasteiger partial charge in [-0.05, 0) is 37.1 Å². The van der Waals surface area contributed by atoms with Gasteiger partial charge in [-0.2, -0.15) is 0 Å². The Morgan fingerprint density at radius 1 is 1.10 bits per heavy atom. The summed E-state index contributed by atoms with van der Waals surface area (Å²) >= 11 is 3.29. The van der Waals surface area contributed by atoms with Crippen LogP contribution >= 0.6 is 23.1 Å². The van der Waals surface area contributed by atoms with Crippen molar-refractivity contribution in [3.63, 3.8) is 0 Å². The van der Waals surface area contributed by atoms with E-state index in [0.29, 0.717) is 13.2 Å². The topological polar surface area (TPSA) is 52.8 Å². The van der Waals surface area contributed by atoms with Crippen molar-refractivity contribution in [3.05, 3.63) is 89.2 Å². The first-order valence-electron chi connectivity index (χ1n) is 9.99. The van der Waals surface area contributed by atoms with E-state index in [9.17, 15) is 0 Å². The van der Waals surface area contributed by atoms with Gasteiger partial charge in [-0.3, -0.25) is 4.57 Å². The van der Waals surface area contributed by atoms with E-state index >= 15 is 0 Å². The summed E-state index contributed by atoms with van der Waals surface area (Å²) in [6.07, 6.45) is 1.85. The largest absolute Gasteiger partial charge is 0.486 e. The third-order valence-electron chi connectivity index (χ3n) is 4.87. The minimum absolute atomic E-state index is 0.360. The van der Waals surface area contributed by atoms with Crippen LogP contribution in [0.4, 0.5) is 0 Å². The Labute approximate surface area is 190 Å². The molecule has 7 heteroatoms. The molecule has 0 saturated heterocycles. The van der Waals surface area contributed by atoms with E-state index in [2.05, 4.69) is 54.2 Å². The zero-order chi connectivity index (χ0) is 21.6. The highest BCUT2D eigenvalue weighted by Gasteiger charge is 2.14. The van der Waals surface area contributed by atoms with Crippen LogP contribution in [0.1, 0.15) is 22.6 Å². The summed E-state index contributed by atoms with van der Waals surface area (Å²) < 4.78 is 8.01. The molecular weight excluding hydrogens is 424 g/mol. The maximum atomic E-state index is 5.97. The molecule has 2 aromatic carbocycles. The minimum Gasteiger partial charge on any atom is -0.486 e. The molecule has 31 heavy (non-hydrogen) atoms. The SMILES string of the molecule is C=CCn1c(COc2ccc(C)c(C)c2)nnc1SCc1csc(-c2ccccc2)n1. The number of nitrogens with zero attached hydrogens (tertiary/aromatic N) is 4. The first-order valence-corrected chi connectivity index (χ1v) is 11.9. The molecule has 5 nitrogen and oxygen atoms in total. The number of thiazole rings is 1. The quantitative estimate of drug-likeness (QED) is 0.230. The molecule has 0 unspecified atom stereocenters. The number of allylic oxidation sites excluding steroid dienone is 1. The van der Waals surface area contributed by atoms with Crippen LogP contribution in [0.3, 0.4) is 0 Å². The summed E-state index contributed by atoms with van der Waals surface area (Å²) in [5.74, 6) is 2.35. The van der Waals surface area contributed by atoms with Gasteiger partial charge in [-0.1, -0.05) is 54.2 Å². The Morgan fingerprint density at radius 3 is 2.71 bits per heavy atom. The monoisotopic (exact) mass is 448 g/mol. The van der Waals surface area contributed by atoms with Gasteiger partial charge in [0.05, 0.1) is 5.69 Å². The van der Waals surface area contributed by atoms with E-state index in [1.54, 1.807) is 23.1 Å². The van der Waals surface area contributed by atoms with Gasteiger partial charge in [-0.15, -0.1) is 28.1 Å². The Bertz CT molecular complexity index is 1170. The van der Waals surface area contributed by atoms with E-state index in [1.165, 1.54) is 11.1 Å². The number of thioether (sulfide) groups is 1. The van der Waals surface area contributed by atoms with Crippen LogP contribution in [-0.4, -0.2) is 19.7 Å². The number of hydrogen-bond acceptors (Lipinski definition) is 6. The van der Waals surface area contributed by atoms with Gasteiger partial charge < -0.3 is 4.74 Å². The van der Waals surface area contributed by atoms with Gasteiger partial charge in [-0.25, -0.2) is 4.98 Å². The fourth-order valence-corrected chi connectivity index (χ4v) is 4.81. The Morgan fingerprint density at radius 2 is 1.94 bits per heavy atom. The van der Waals surface area contributed by atoms with Crippen molar-refractivity contribution in [1.82, 2.24) is 19.7 Å². The van der Waals surface area contributed by atoms with E-state index in [1.807, 2.05) is 41.0 Å². The van der Waals surface area contributed by atoms with E-state index in [0.717, 1.165) is 38.7 Å². The number of ether oxygens (including phenoxy) is 1. The highest BCUT2D eigenvalue weighted by atomic mass is 32.2. The normalized spacial score (nSPS) is 10.9. The molecule has 0 radical (unpaired) electrons. The number of aromatic nitrogens is 4. The molecule has 0 amide bonds. The van der Waals surface area contributed by atoms with Crippen molar-refractivity contribution in [2.75, 3.05) is 0 Å². The summed E-state index contributed by atoms with van der Waals surface area (Å²) in [5.41, 5.74) is 4.64. The summed E-state index contributed by atoms with van der Waals surface area (Å²) in [5, 5.41) is 12.7. The fourth-order valence-electron chi connectivity index (χ4n) is 3.02. The lowest BCUT2D eigenvalue weighted by molar-refractivity contribution is 0.289. The average molecular weight is 449 g/mol. The maximum Gasteiger partial charge on any atom is 0.191 e. The zero-order valence-corrected chi connectivity index (χ0v) is 19.2. The van der Waals surface area contributed by atoms with E-state index < -0.39 is 0 Å². The Kier molecular flexibility index (Phi) is 6.84.